The van der Waals surface area contributed by atoms with Crippen LogP contribution in [0.3, 0.4) is 0 Å². The maximum Gasteiger partial charge on any atom is 0.161 e. The number of hydrogen-bond donors (Lipinski definition) is 1. The standard InChI is InChI=1S/C15H13NO3/c1-18-14-6-5-11(8-15(14)19-2)10-3-4-12(9-16)13(17)7-10/h3-8,17H,1-2H3. The predicted octanol–water partition coefficient (Wildman–Crippen LogP) is 2.95. The summed E-state index contributed by atoms with van der Waals surface area (Å²) in [5.41, 5.74) is 1.93. The average Bonchev–Trinajstić information content (AvgIpc) is 2.46. The third-order valence-electron chi connectivity index (χ3n) is 2.84. The molecule has 0 fully saturated rings. The van der Waals surface area contributed by atoms with Gasteiger partial charge < -0.3 is 14.6 Å². The third kappa shape index (κ3) is 2.45. The molecule has 4 heteroatoms. The second-order valence-electron chi connectivity index (χ2n) is 3.91. The van der Waals surface area contributed by atoms with Gasteiger partial charge in [-0.15, -0.1) is 0 Å². The van der Waals surface area contributed by atoms with E-state index in [0.717, 1.165) is 11.1 Å². The minimum absolute atomic E-state index is 0.0326. The minimum atomic E-state index is -0.0326. The summed E-state index contributed by atoms with van der Waals surface area (Å²) in [5, 5.41) is 18.5. The number of ether oxygens (including phenoxy) is 2. The molecule has 0 heterocycles. The molecule has 2 aromatic rings. The molecule has 0 saturated heterocycles. The zero-order valence-electron chi connectivity index (χ0n) is 10.7. The Morgan fingerprint density at radius 2 is 1.58 bits per heavy atom. The Morgan fingerprint density at radius 3 is 2.16 bits per heavy atom. The summed E-state index contributed by atoms with van der Waals surface area (Å²) in [6, 6.07) is 12.3. The summed E-state index contributed by atoms with van der Waals surface area (Å²) < 4.78 is 10.4. The van der Waals surface area contributed by atoms with Gasteiger partial charge >= 0.3 is 0 Å². The number of phenols is 1. The lowest BCUT2D eigenvalue weighted by atomic mass is 10.0. The van der Waals surface area contributed by atoms with Crippen molar-refractivity contribution in [2.75, 3.05) is 14.2 Å². The van der Waals surface area contributed by atoms with Crippen LogP contribution < -0.4 is 9.47 Å². The fourth-order valence-corrected chi connectivity index (χ4v) is 1.82. The number of nitrogens with zero attached hydrogens (tertiary/aromatic N) is 1. The van der Waals surface area contributed by atoms with E-state index < -0.39 is 0 Å². The Balaban J connectivity index is 2.48. The van der Waals surface area contributed by atoms with Crippen molar-refractivity contribution in [3.8, 4) is 34.4 Å². The van der Waals surface area contributed by atoms with Crippen molar-refractivity contribution in [2.24, 2.45) is 0 Å². The summed E-state index contributed by atoms with van der Waals surface area (Å²) in [4.78, 5) is 0. The van der Waals surface area contributed by atoms with Gasteiger partial charge in [0.05, 0.1) is 19.8 Å². The molecule has 0 saturated carbocycles. The molecule has 2 aromatic carbocycles. The average molecular weight is 255 g/mol. The number of hydrogen-bond acceptors (Lipinski definition) is 4. The van der Waals surface area contributed by atoms with E-state index in [1.165, 1.54) is 0 Å². The van der Waals surface area contributed by atoms with Crippen molar-refractivity contribution in [1.29, 1.82) is 5.26 Å². The van der Waals surface area contributed by atoms with Crippen molar-refractivity contribution in [1.82, 2.24) is 0 Å². The Kier molecular flexibility index (Phi) is 3.58. The fourth-order valence-electron chi connectivity index (χ4n) is 1.82. The van der Waals surface area contributed by atoms with Crippen molar-refractivity contribution in [3.05, 3.63) is 42.0 Å². The summed E-state index contributed by atoms with van der Waals surface area (Å²) >= 11 is 0. The highest BCUT2D eigenvalue weighted by atomic mass is 16.5. The van der Waals surface area contributed by atoms with Crippen LogP contribution in [-0.4, -0.2) is 19.3 Å². The third-order valence-corrected chi connectivity index (χ3v) is 2.84. The van der Waals surface area contributed by atoms with Crippen LogP contribution in [0.25, 0.3) is 11.1 Å². The monoisotopic (exact) mass is 255 g/mol. The maximum atomic E-state index is 9.70. The first kappa shape index (κ1) is 12.8. The first-order valence-electron chi connectivity index (χ1n) is 5.65. The SMILES string of the molecule is COc1ccc(-c2ccc(C#N)c(O)c2)cc1OC. The summed E-state index contributed by atoms with van der Waals surface area (Å²) in [5.74, 6) is 1.22. The molecule has 19 heavy (non-hydrogen) atoms. The van der Waals surface area contributed by atoms with Gasteiger partial charge in [-0.2, -0.15) is 5.26 Å². The van der Waals surface area contributed by atoms with Crippen LogP contribution in [0.2, 0.25) is 0 Å². The molecule has 0 aliphatic heterocycles. The number of benzene rings is 2. The van der Waals surface area contributed by atoms with Crippen LogP contribution in [0.1, 0.15) is 5.56 Å². The predicted molar refractivity (Wildman–Crippen MR) is 71.4 cm³/mol. The lowest BCUT2D eigenvalue weighted by molar-refractivity contribution is 0.355. The molecular formula is C15H13NO3. The van der Waals surface area contributed by atoms with E-state index in [4.69, 9.17) is 14.7 Å². The van der Waals surface area contributed by atoms with Crippen molar-refractivity contribution < 1.29 is 14.6 Å². The quantitative estimate of drug-likeness (QED) is 0.915. The van der Waals surface area contributed by atoms with Gasteiger partial charge in [-0.05, 0) is 35.4 Å². The van der Waals surface area contributed by atoms with Gasteiger partial charge in [0.1, 0.15) is 11.8 Å². The molecule has 0 unspecified atom stereocenters. The zero-order valence-corrected chi connectivity index (χ0v) is 10.7. The number of phenolic OH excluding ortho intramolecular Hbond substituents is 1. The number of rotatable bonds is 3. The van der Waals surface area contributed by atoms with Crippen LogP contribution >= 0.6 is 0 Å². The Hall–Kier alpha value is -2.67. The highest BCUT2D eigenvalue weighted by Crippen LogP contribution is 2.33. The molecule has 0 amide bonds. The van der Waals surface area contributed by atoms with Gasteiger partial charge in [-0.3, -0.25) is 0 Å². The van der Waals surface area contributed by atoms with Crippen LogP contribution in [0.15, 0.2) is 36.4 Å². The molecule has 0 radical (unpaired) electrons. The van der Waals surface area contributed by atoms with Crippen molar-refractivity contribution in [2.45, 2.75) is 0 Å². The minimum Gasteiger partial charge on any atom is -0.507 e. The summed E-state index contributed by atoms with van der Waals surface area (Å²) in [6.45, 7) is 0. The zero-order chi connectivity index (χ0) is 13.8. The highest BCUT2D eigenvalue weighted by molar-refractivity contribution is 5.69. The van der Waals surface area contributed by atoms with E-state index in [0.29, 0.717) is 11.5 Å². The molecule has 0 bridgehead atoms. The first-order chi connectivity index (χ1) is 9.19. The Bertz CT molecular complexity index is 644. The van der Waals surface area contributed by atoms with Gasteiger partial charge in [0, 0.05) is 0 Å². The van der Waals surface area contributed by atoms with Crippen LogP contribution in [-0.2, 0) is 0 Å². The normalized spacial score (nSPS) is 9.74. The van der Waals surface area contributed by atoms with E-state index in [-0.39, 0.29) is 11.3 Å². The molecule has 1 N–H and O–H groups in total. The van der Waals surface area contributed by atoms with E-state index in [1.54, 1.807) is 38.5 Å². The first-order valence-corrected chi connectivity index (χ1v) is 5.65. The number of aromatic hydroxyl groups is 1. The van der Waals surface area contributed by atoms with Crippen molar-refractivity contribution >= 4 is 0 Å². The molecule has 0 aliphatic rings. The van der Waals surface area contributed by atoms with E-state index in [2.05, 4.69) is 0 Å². The van der Waals surface area contributed by atoms with Gasteiger partial charge in [-0.1, -0.05) is 12.1 Å². The summed E-state index contributed by atoms with van der Waals surface area (Å²) in [6.07, 6.45) is 0. The second kappa shape index (κ2) is 5.32. The van der Waals surface area contributed by atoms with Gasteiger partial charge in [-0.25, -0.2) is 0 Å². The highest BCUT2D eigenvalue weighted by Gasteiger charge is 2.08. The molecule has 4 nitrogen and oxygen atoms in total. The molecule has 96 valence electrons. The van der Waals surface area contributed by atoms with Crippen LogP contribution in [0.5, 0.6) is 17.2 Å². The molecule has 0 aromatic heterocycles. The lowest BCUT2D eigenvalue weighted by Gasteiger charge is -2.10. The van der Waals surface area contributed by atoms with Gasteiger partial charge in [0.25, 0.3) is 0 Å². The van der Waals surface area contributed by atoms with Gasteiger partial charge in [0.2, 0.25) is 0 Å². The van der Waals surface area contributed by atoms with Crippen LogP contribution in [0.4, 0.5) is 0 Å². The Morgan fingerprint density at radius 1 is 0.947 bits per heavy atom. The molecule has 2 rings (SSSR count). The molecule has 0 atom stereocenters. The second-order valence-corrected chi connectivity index (χ2v) is 3.91. The Labute approximate surface area is 111 Å². The summed E-state index contributed by atoms with van der Waals surface area (Å²) in [7, 11) is 3.14. The molecule has 0 aliphatic carbocycles. The van der Waals surface area contributed by atoms with Gasteiger partial charge in [0.15, 0.2) is 11.5 Å². The van der Waals surface area contributed by atoms with E-state index >= 15 is 0 Å². The van der Waals surface area contributed by atoms with E-state index in [1.807, 2.05) is 18.2 Å². The van der Waals surface area contributed by atoms with E-state index in [9.17, 15) is 5.11 Å². The fraction of sp³-hybridized carbons (Fsp3) is 0.133. The largest absolute Gasteiger partial charge is 0.507 e. The van der Waals surface area contributed by atoms with Crippen molar-refractivity contribution in [3.63, 3.8) is 0 Å². The smallest absolute Gasteiger partial charge is 0.161 e. The number of nitriles is 1. The lowest BCUT2D eigenvalue weighted by Crippen LogP contribution is -1.91. The molecular weight excluding hydrogens is 242 g/mol. The maximum absolute atomic E-state index is 9.70. The van der Waals surface area contributed by atoms with Crippen LogP contribution in [0, 0.1) is 11.3 Å². The molecule has 0 spiro atoms. The number of methoxy groups -OCH3 is 2. The topological polar surface area (TPSA) is 62.5 Å².